The SMILES string of the molecule is CN(c1cccc(-c2cnc(C3CC3)cn2)c1)c1nc2nncn2c2cc(Cl)ccc12.CN(c1cccc(B2OC(C)(C)C(C)(C)O2)c1)c1nc2nncn2c2cc(Cl)ccc12.CN(c1cccc(Br)c1)c1nc2nncn2c2cc(Cl)ccc12. The van der Waals surface area contributed by atoms with E-state index in [1.807, 2.05) is 177 Å². The van der Waals surface area contributed by atoms with E-state index in [-0.39, 0.29) is 0 Å². The van der Waals surface area contributed by atoms with Gasteiger partial charge in [0.15, 0.2) is 0 Å². The van der Waals surface area contributed by atoms with Gasteiger partial charge in [-0.15, -0.1) is 30.6 Å². The Morgan fingerprint density at radius 1 is 0.518 bits per heavy atom. The smallest absolute Gasteiger partial charge is 0.399 e. The second-order valence-corrected chi connectivity index (χ2v) is 24.0. The minimum atomic E-state index is -0.430. The fourth-order valence-corrected chi connectivity index (χ4v) is 11.1. The van der Waals surface area contributed by atoms with Crippen LogP contribution >= 0.6 is 50.7 Å². The van der Waals surface area contributed by atoms with E-state index in [4.69, 9.17) is 54.1 Å². The summed E-state index contributed by atoms with van der Waals surface area (Å²) >= 11 is 22.2. The fourth-order valence-electron chi connectivity index (χ4n) is 10.2. The third kappa shape index (κ3) is 10.8. The molecule has 7 aromatic heterocycles. The van der Waals surface area contributed by atoms with Crippen LogP contribution in [0, 0.1) is 0 Å². The Morgan fingerprint density at radius 2 is 0.953 bits per heavy atom. The van der Waals surface area contributed by atoms with Gasteiger partial charge >= 0.3 is 7.12 Å². The van der Waals surface area contributed by atoms with Crippen molar-refractivity contribution in [3.63, 3.8) is 0 Å². The molecule has 0 bridgehead atoms. The average molecular weight is 1250 g/mol. The van der Waals surface area contributed by atoms with Crippen molar-refractivity contribution in [2.24, 2.45) is 0 Å². The predicted molar refractivity (Wildman–Crippen MR) is 340 cm³/mol. The molecule has 1 aliphatic carbocycles. The lowest BCUT2D eigenvalue weighted by Gasteiger charge is -2.32. The molecule has 24 heteroatoms. The van der Waals surface area contributed by atoms with Crippen LogP contribution in [0.2, 0.25) is 15.1 Å². The van der Waals surface area contributed by atoms with Crippen molar-refractivity contribution in [1.82, 2.24) is 68.7 Å². The molecule has 0 N–H and O–H groups in total. The summed E-state index contributed by atoms with van der Waals surface area (Å²) in [5.41, 5.74) is 8.81. The molecular formula is C61H52BBrCl3N17O2. The van der Waals surface area contributed by atoms with Gasteiger partial charge in [0.1, 0.15) is 36.4 Å². The zero-order valence-electron chi connectivity index (χ0n) is 47.0. The fraction of sp³-hybridized carbons (Fsp3) is 0.197. The van der Waals surface area contributed by atoms with E-state index < -0.39 is 18.3 Å². The third-order valence-corrected chi connectivity index (χ3v) is 16.9. The third-order valence-electron chi connectivity index (χ3n) is 15.7. The van der Waals surface area contributed by atoms with Crippen molar-refractivity contribution in [3.05, 3.63) is 184 Å². The number of fused-ring (bicyclic) bond motifs is 9. The van der Waals surface area contributed by atoms with Crippen LogP contribution in [0.15, 0.2) is 163 Å². The predicted octanol–water partition coefficient (Wildman–Crippen LogP) is 13.5. The Morgan fingerprint density at radius 3 is 1.39 bits per heavy atom. The van der Waals surface area contributed by atoms with Crippen molar-refractivity contribution >= 4 is 148 Å². The van der Waals surface area contributed by atoms with E-state index in [0.717, 1.165) is 94.1 Å². The molecule has 19 nitrogen and oxygen atoms in total. The van der Waals surface area contributed by atoms with Crippen molar-refractivity contribution in [3.8, 4) is 11.3 Å². The van der Waals surface area contributed by atoms with Gasteiger partial charge in [0.05, 0.1) is 45.3 Å². The summed E-state index contributed by atoms with van der Waals surface area (Å²) in [6.07, 6.45) is 11.1. The quantitative estimate of drug-likeness (QED) is 0.124. The molecule has 1 saturated heterocycles. The molecule has 0 radical (unpaired) electrons. The monoisotopic (exact) mass is 1250 g/mol. The topological polar surface area (TPSA) is 183 Å². The molecule has 0 amide bonds. The Labute approximate surface area is 511 Å². The Bertz CT molecular complexity index is 4680. The second kappa shape index (κ2) is 22.2. The van der Waals surface area contributed by atoms with Gasteiger partial charge in [-0.3, -0.25) is 23.2 Å². The lowest BCUT2D eigenvalue weighted by Crippen LogP contribution is -2.41. The summed E-state index contributed by atoms with van der Waals surface area (Å²) in [6.45, 7) is 8.21. The lowest BCUT2D eigenvalue weighted by atomic mass is 9.79. The van der Waals surface area contributed by atoms with Crippen LogP contribution in [-0.4, -0.2) is 108 Å². The highest BCUT2D eigenvalue weighted by molar-refractivity contribution is 9.10. The normalized spacial score (nSPS) is 14.5. The van der Waals surface area contributed by atoms with Gasteiger partial charge in [-0.2, -0.15) is 15.0 Å². The maximum absolute atomic E-state index is 6.26. The summed E-state index contributed by atoms with van der Waals surface area (Å²) in [5.74, 6) is 4.51. The highest BCUT2D eigenvalue weighted by Crippen LogP contribution is 2.41. The Balaban J connectivity index is 0.000000120. The number of nitrogens with zero attached hydrogens (tertiary/aromatic N) is 17. The van der Waals surface area contributed by atoms with Gasteiger partial charge in [0, 0.05) is 91.6 Å². The molecule has 85 heavy (non-hydrogen) atoms. The molecule has 1 aliphatic heterocycles. The minimum Gasteiger partial charge on any atom is -0.399 e. The number of anilines is 6. The minimum absolute atomic E-state index is 0.394. The van der Waals surface area contributed by atoms with Gasteiger partial charge in [-0.25, -0.2) is 0 Å². The van der Waals surface area contributed by atoms with Crippen LogP contribution in [0.5, 0.6) is 0 Å². The first-order valence-electron chi connectivity index (χ1n) is 27.2. The van der Waals surface area contributed by atoms with E-state index in [9.17, 15) is 0 Å². The molecular weight excluding hydrogens is 1200 g/mol. The lowest BCUT2D eigenvalue weighted by molar-refractivity contribution is 0.00578. The molecule has 6 aromatic carbocycles. The van der Waals surface area contributed by atoms with Crippen molar-refractivity contribution in [2.75, 3.05) is 35.8 Å². The van der Waals surface area contributed by atoms with Crippen molar-refractivity contribution in [2.45, 2.75) is 57.7 Å². The van der Waals surface area contributed by atoms with Crippen LogP contribution < -0.4 is 20.2 Å². The first kappa shape index (κ1) is 55.7. The number of halogens is 4. The summed E-state index contributed by atoms with van der Waals surface area (Å²) in [6, 6.07) is 41.6. The Kier molecular flexibility index (Phi) is 14.6. The van der Waals surface area contributed by atoms with Gasteiger partial charge in [-0.1, -0.05) is 81.1 Å². The highest BCUT2D eigenvalue weighted by Gasteiger charge is 2.51. The molecule has 0 atom stereocenters. The molecule has 13 aromatic rings. The summed E-state index contributed by atoms with van der Waals surface area (Å²) in [4.78, 5) is 29.5. The Hall–Kier alpha value is -8.44. The molecule has 2 fully saturated rings. The van der Waals surface area contributed by atoms with Gasteiger partial charge in [0.2, 0.25) is 0 Å². The van der Waals surface area contributed by atoms with Gasteiger partial charge < -0.3 is 24.0 Å². The number of benzene rings is 6. The molecule has 0 spiro atoms. The van der Waals surface area contributed by atoms with E-state index in [1.54, 1.807) is 19.0 Å². The van der Waals surface area contributed by atoms with Crippen molar-refractivity contribution < 1.29 is 9.31 Å². The number of hydrogen-bond donors (Lipinski definition) is 0. The average Bonchev–Trinajstić information content (AvgIpc) is 3.41. The second-order valence-electron chi connectivity index (χ2n) is 21.8. The first-order chi connectivity index (χ1) is 41.0. The van der Waals surface area contributed by atoms with E-state index >= 15 is 0 Å². The van der Waals surface area contributed by atoms with Crippen LogP contribution in [-0.2, 0) is 9.31 Å². The molecule has 1 saturated carbocycles. The summed E-state index contributed by atoms with van der Waals surface area (Å²) in [7, 11) is 5.52. The highest BCUT2D eigenvalue weighted by atomic mass is 79.9. The number of rotatable bonds is 9. The molecule has 0 unspecified atom stereocenters. The zero-order valence-corrected chi connectivity index (χ0v) is 50.9. The summed E-state index contributed by atoms with van der Waals surface area (Å²) < 4.78 is 19.0. The van der Waals surface area contributed by atoms with E-state index in [0.29, 0.717) is 38.3 Å². The zero-order chi connectivity index (χ0) is 58.9. The molecule has 15 rings (SSSR count). The molecule has 8 heterocycles. The molecule has 424 valence electrons. The number of aromatic nitrogens is 14. The van der Waals surface area contributed by atoms with E-state index in [2.05, 4.69) is 101 Å². The van der Waals surface area contributed by atoms with Crippen LogP contribution in [0.3, 0.4) is 0 Å². The van der Waals surface area contributed by atoms with E-state index in [1.165, 1.54) is 12.8 Å². The van der Waals surface area contributed by atoms with Crippen LogP contribution in [0.1, 0.15) is 52.1 Å². The first-order valence-corrected chi connectivity index (χ1v) is 29.1. The maximum atomic E-state index is 6.26. The van der Waals surface area contributed by atoms with Crippen LogP contribution in [0.4, 0.5) is 34.5 Å². The van der Waals surface area contributed by atoms with Gasteiger partial charge in [0.25, 0.3) is 17.3 Å². The molecule has 2 aliphatic rings. The maximum Gasteiger partial charge on any atom is 0.494 e. The summed E-state index contributed by atoms with van der Waals surface area (Å²) in [5, 5.41) is 29.1. The standard InChI is InChI=1S/C23H18ClN7.C22H23BClN5O2.C16H11BrClN5/c1-30(22-18-8-7-16(24)10-21(18)31-13-27-29-23(31)28-22)17-4-2-3-15(9-17)20-12-25-19(11-26-20)14-5-6-14;1-21(2)22(3,4)31-23(30-21)14-7-6-8-16(11-14)28(5)19-17-10-9-15(24)12-18(17)29-13-25-27-20(29)26-19;1-22(12-4-2-3-10(17)7-12)15-13-6-5-11(18)8-14(13)23-9-19-21-16(23)20-15/h2-4,7-14H,5-6H2,1H3;6-13H,1-5H3;2-9H,1H3. The van der Waals surface area contributed by atoms with Gasteiger partial charge in [-0.05, 0) is 143 Å². The van der Waals surface area contributed by atoms with Crippen LogP contribution in [0.25, 0.3) is 61.3 Å². The largest absolute Gasteiger partial charge is 0.494 e. The van der Waals surface area contributed by atoms with Crippen molar-refractivity contribution in [1.29, 1.82) is 0 Å². The number of hydrogen-bond acceptors (Lipinski definition) is 16.